The van der Waals surface area contributed by atoms with Crippen molar-refractivity contribution in [3.63, 3.8) is 0 Å². The Bertz CT molecular complexity index is 531. The van der Waals surface area contributed by atoms with Gasteiger partial charge in [0, 0.05) is 25.8 Å². The molecule has 0 radical (unpaired) electrons. The lowest BCUT2D eigenvalue weighted by atomic mass is 9.98. The van der Waals surface area contributed by atoms with E-state index in [4.69, 9.17) is 0 Å². The molecule has 0 aromatic heterocycles. The molecule has 1 heterocycles. The minimum atomic E-state index is 0.889. The number of rotatable bonds is 4. The van der Waals surface area contributed by atoms with Gasteiger partial charge in [-0.3, -0.25) is 4.99 Å². The Labute approximate surface area is 127 Å². The maximum absolute atomic E-state index is 4.53. The molecule has 0 atom stereocenters. The minimum Gasteiger partial charge on any atom is -0.356 e. The van der Waals surface area contributed by atoms with Crippen molar-refractivity contribution in [2.75, 3.05) is 25.0 Å². The molecule has 3 nitrogen and oxygen atoms in total. The van der Waals surface area contributed by atoms with Gasteiger partial charge in [-0.25, -0.2) is 0 Å². The fourth-order valence-electron chi connectivity index (χ4n) is 3.83. The van der Waals surface area contributed by atoms with Gasteiger partial charge < -0.3 is 10.2 Å². The van der Waals surface area contributed by atoms with Crippen molar-refractivity contribution in [1.29, 1.82) is 0 Å². The zero-order valence-corrected chi connectivity index (χ0v) is 12.9. The number of hydrogen-bond acceptors (Lipinski definition) is 1. The highest BCUT2D eigenvalue weighted by atomic mass is 15.3. The van der Waals surface area contributed by atoms with Crippen LogP contribution < -0.4 is 10.2 Å². The number of anilines is 1. The zero-order chi connectivity index (χ0) is 14.2. The first-order valence-electron chi connectivity index (χ1n) is 8.43. The molecule has 2 aliphatic carbocycles. The van der Waals surface area contributed by atoms with Crippen LogP contribution in [0.15, 0.2) is 29.3 Å². The zero-order valence-electron chi connectivity index (χ0n) is 12.9. The Morgan fingerprint density at radius 1 is 1.24 bits per heavy atom. The quantitative estimate of drug-likeness (QED) is 0.679. The fraction of sp³-hybridized carbons (Fsp3) is 0.611. The normalized spacial score (nSPS) is 21.8. The van der Waals surface area contributed by atoms with E-state index in [9.17, 15) is 0 Å². The van der Waals surface area contributed by atoms with Gasteiger partial charge in [0.05, 0.1) is 0 Å². The van der Waals surface area contributed by atoms with Crippen molar-refractivity contribution in [1.82, 2.24) is 5.32 Å². The van der Waals surface area contributed by atoms with E-state index in [1.807, 2.05) is 7.05 Å². The van der Waals surface area contributed by atoms with Crippen molar-refractivity contribution in [2.24, 2.45) is 22.7 Å². The first-order chi connectivity index (χ1) is 10.4. The second kappa shape index (κ2) is 5.36. The monoisotopic (exact) mass is 283 g/mol. The van der Waals surface area contributed by atoms with Gasteiger partial charge in [-0.1, -0.05) is 18.2 Å². The highest BCUT2D eigenvalue weighted by Crippen LogP contribution is 2.48. The maximum Gasteiger partial charge on any atom is 0.198 e. The van der Waals surface area contributed by atoms with Gasteiger partial charge in [0.25, 0.3) is 0 Å². The van der Waals surface area contributed by atoms with E-state index in [1.165, 1.54) is 36.9 Å². The topological polar surface area (TPSA) is 27.6 Å². The summed E-state index contributed by atoms with van der Waals surface area (Å²) in [5.41, 5.74) is 2.78. The molecule has 0 saturated heterocycles. The Hall–Kier alpha value is -1.51. The van der Waals surface area contributed by atoms with Crippen molar-refractivity contribution < 1.29 is 0 Å². The number of aliphatic imine (C=N–C) groups is 1. The smallest absolute Gasteiger partial charge is 0.198 e. The maximum atomic E-state index is 4.53. The first-order valence-corrected chi connectivity index (χ1v) is 8.43. The van der Waals surface area contributed by atoms with E-state index in [0.29, 0.717) is 0 Å². The number of guanidine groups is 1. The molecule has 0 unspecified atom stereocenters. The number of nitrogens with zero attached hydrogens (tertiary/aromatic N) is 2. The number of hydrogen-bond donors (Lipinski definition) is 1. The minimum absolute atomic E-state index is 0.889. The van der Waals surface area contributed by atoms with Crippen molar-refractivity contribution in [3.8, 4) is 0 Å². The van der Waals surface area contributed by atoms with Gasteiger partial charge >= 0.3 is 0 Å². The molecule has 2 fully saturated rings. The van der Waals surface area contributed by atoms with Crippen LogP contribution in [-0.2, 0) is 6.42 Å². The van der Waals surface area contributed by atoms with Crippen LogP contribution >= 0.6 is 0 Å². The average molecular weight is 283 g/mol. The number of nitrogens with one attached hydrogen (secondary N) is 1. The van der Waals surface area contributed by atoms with E-state index >= 15 is 0 Å². The van der Waals surface area contributed by atoms with Crippen LogP contribution in [0.1, 0.15) is 31.2 Å². The van der Waals surface area contributed by atoms with E-state index in [-0.39, 0.29) is 0 Å². The second-order valence-corrected chi connectivity index (χ2v) is 6.80. The van der Waals surface area contributed by atoms with E-state index in [1.54, 1.807) is 0 Å². The average Bonchev–Trinajstić information content (AvgIpc) is 3.43. The molecule has 3 aliphatic rings. The fourth-order valence-corrected chi connectivity index (χ4v) is 3.83. The second-order valence-electron chi connectivity index (χ2n) is 6.80. The number of benzene rings is 1. The third-order valence-corrected chi connectivity index (χ3v) is 5.31. The summed E-state index contributed by atoms with van der Waals surface area (Å²) >= 11 is 0. The molecule has 112 valence electrons. The molecule has 2 saturated carbocycles. The Morgan fingerprint density at radius 2 is 1.95 bits per heavy atom. The van der Waals surface area contributed by atoms with E-state index in [0.717, 1.165) is 43.2 Å². The predicted molar refractivity (Wildman–Crippen MR) is 87.8 cm³/mol. The summed E-state index contributed by atoms with van der Waals surface area (Å²) in [6.45, 7) is 2.16. The molecule has 21 heavy (non-hydrogen) atoms. The highest BCUT2D eigenvalue weighted by Gasteiger charge is 2.41. The third-order valence-electron chi connectivity index (χ3n) is 5.31. The Kier molecular flexibility index (Phi) is 3.36. The molecule has 1 aromatic rings. The molecular formula is C18H25N3. The van der Waals surface area contributed by atoms with Gasteiger partial charge in [0.15, 0.2) is 5.96 Å². The van der Waals surface area contributed by atoms with Crippen LogP contribution in [0.25, 0.3) is 0 Å². The van der Waals surface area contributed by atoms with E-state index < -0.39 is 0 Å². The van der Waals surface area contributed by atoms with Crippen molar-refractivity contribution in [2.45, 2.75) is 32.1 Å². The summed E-state index contributed by atoms with van der Waals surface area (Å²) in [5.74, 6) is 3.94. The lowest BCUT2D eigenvalue weighted by molar-refractivity contribution is 0.401. The summed E-state index contributed by atoms with van der Waals surface area (Å²) in [6.07, 6.45) is 6.94. The largest absolute Gasteiger partial charge is 0.356 e. The summed E-state index contributed by atoms with van der Waals surface area (Å²) in [4.78, 5) is 6.89. The standard InChI is InChI=1S/C18H25N3/c1-19-18(20-12-16(13-6-7-13)14-8-9-14)21-11-10-15-4-2-3-5-17(15)21/h2-5,13-14,16H,6-12H2,1H3,(H,19,20). The van der Waals surface area contributed by atoms with Crippen LogP contribution in [-0.4, -0.2) is 26.1 Å². The molecular weight excluding hydrogens is 258 g/mol. The first kappa shape index (κ1) is 13.2. The predicted octanol–water partition coefficient (Wildman–Crippen LogP) is 3.06. The van der Waals surface area contributed by atoms with Crippen LogP contribution in [0, 0.1) is 17.8 Å². The summed E-state index contributed by atoms with van der Waals surface area (Å²) in [6, 6.07) is 8.71. The third kappa shape index (κ3) is 2.66. The van der Waals surface area contributed by atoms with Crippen LogP contribution in [0.4, 0.5) is 5.69 Å². The van der Waals surface area contributed by atoms with Gasteiger partial charge in [-0.2, -0.15) is 0 Å². The summed E-state index contributed by atoms with van der Waals surface area (Å²) < 4.78 is 0. The number of fused-ring (bicyclic) bond motifs is 1. The molecule has 3 heteroatoms. The molecule has 0 spiro atoms. The van der Waals surface area contributed by atoms with Crippen LogP contribution in [0.5, 0.6) is 0 Å². The Morgan fingerprint density at radius 3 is 2.62 bits per heavy atom. The van der Waals surface area contributed by atoms with Crippen LogP contribution in [0.2, 0.25) is 0 Å². The SMILES string of the molecule is CN=C(NCC(C1CC1)C1CC1)N1CCc2ccccc21. The molecule has 1 aliphatic heterocycles. The highest BCUT2D eigenvalue weighted by molar-refractivity contribution is 5.97. The molecule has 0 bridgehead atoms. The lowest BCUT2D eigenvalue weighted by Crippen LogP contribution is -2.43. The number of para-hydroxylation sites is 1. The van der Waals surface area contributed by atoms with Gasteiger partial charge in [0.1, 0.15) is 0 Å². The van der Waals surface area contributed by atoms with E-state index in [2.05, 4.69) is 39.5 Å². The molecule has 4 rings (SSSR count). The summed E-state index contributed by atoms with van der Waals surface area (Å²) in [7, 11) is 1.91. The van der Waals surface area contributed by atoms with Gasteiger partial charge in [-0.05, 0) is 61.5 Å². The molecule has 0 amide bonds. The lowest BCUT2D eigenvalue weighted by Gasteiger charge is -2.25. The van der Waals surface area contributed by atoms with Crippen molar-refractivity contribution in [3.05, 3.63) is 29.8 Å². The van der Waals surface area contributed by atoms with Gasteiger partial charge in [0.2, 0.25) is 0 Å². The molecule has 1 N–H and O–H groups in total. The van der Waals surface area contributed by atoms with Crippen molar-refractivity contribution >= 4 is 11.6 Å². The summed E-state index contributed by atoms with van der Waals surface area (Å²) in [5, 5.41) is 3.67. The van der Waals surface area contributed by atoms with Gasteiger partial charge in [-0.15, -0.1) is 0 Å². The Balaban J connectivity index is 1.43. The van der Waals surface area contributed by atoms with Crippen LogP contribution in [0.3, 0.4) is 0 Å². The molecule has 1 aromatic carbocycles.